The Bertz CT molecular complexity index is 117. The van der Waals surface area contributed by atoms with E-state index in [1.165, 1.54) is 38.5 Å². The van der Waals surface area contributed by atoms with Gasteiger partial charge in [-0.2, -0.15) is 0 Å². The Morgan fingerprint density at radius 2 is 1.92 bits per heavy atom. The van der Waals surface area contributed by atoms with Gasteiger partial charge in [0.25, 0.3) is 0 Å². The van der Waals surface area contributed by atoms with Crippen LogP contribution in [0.4, 0.5) is 0 Å². The van der Waals surface area contributed by atoms with E-state index in [-0.39, 0.29) is 0 Å². The van der Waals surface area contributed by atoms with Crippen molar-refractivity contribution < 1.29 is 0 Å². The molecule has 0 heteroatoms. The first-order valence-electron chi connectivity index (χ1n) is 5.74. The van der Waals surface area contributed by atoms with Gasteiger partial charge in [-0.1, -0.05) is 52.9 Å². The number of hydrogen-bond donors (Lipinski definition) is 0. The quantitative estimate of drug-likeness (QED) is 0.541. The molecule has 0 aromatic rings. The van der Waals surface area contributed by atoms with Crippen LogP contribution in [-0.2, 0) is 0 Å². The van der Waals surface area contributed by atoms with Gasteiger partial charge in [0.1, 0.15) is 0 Å². The lowest BCUT2D eigenvalue weighted by Crippen LogP contribution is -2.12. The van der Waals surface area contributed by atoms with Gasteiger partial charge in [-0.3, -0.25) is 0 Å². The summed E-state index contributed by atoms with van der Waals surface area (Å²) in [6.45, 7) is 7.20. The molecule has 0 amide bonds. The number of hydrogen-bond acceptors (Lipinski definition) is 0. The van der Waals surface area contributed by atoms with Gasteiger partial charge < -0.3 is 0 Å². The largest absolute Gasteiger partial charge is 0.0651 e. The van der Waals surface area contributed by atoms with Gasteiger partial charge in [-0.05, 0) is 24.2 Å². The van der Waals surface area contributed by atoms with Crippen molar-refractivity contribution in [1.82, 2.24) is 0 Å². The van der Waals surface area contributed by atoms with Crippen LogP contribution >= 0.6 is 0 Å². The summed E-state index contributed by atoms with van der Waals surface area (Å²) < 4.78 is 0. The molecule has 72 valence electrons. The first kappa shape index (κ1) is 10.1. The monoisotopic (exact) mass is 168 g/mol. The van der Waals surface area contributed by atoms with E-state index < -0.39 is 0 Å². The molecule has 1 fully saturated rings. The van der Waals surface area contributed by atoms with Gasteiger partial charge in [0.15, 0.2) is 0 Å². The lowest BCUT2D eigenvalue weighted by Gasteiger charge is -2.22. The maximum absolute atomic E-state index is 2.43. The third kappa shape index (κ3) is 2.80. The van der Waals surface area contributed by atoms with Crippen LogP contribution in [0.25, 0.3) is 0 Å². The minimum atomic E-state index is 0.963. The zero-order chi connectivity index (χ0) is 8.97. The maximum Gasteiger partial charge on any atom is -0.0386 e. The smallest absolute Gasteiger partial charge is 0.0386 e. The van der Waals surface area contributed by atoms with Crippen LogP contribution in [0.3, 0.4) is 0 Å². The van der Waals surface area contributed by atoms with Crippen LogP contribution in [-0.4, -0.2) is 0 Å². The van der Waals surface area contributed by atoms with Crippen LogP contribution in [0, 0.1) is 17.8 Å². The van der Waals surface area contributed by atoms with Crippen molar-refractivity contribution in [3.05, 3.63) is 0 Å². The van der Waals surface area contributed by atoms with E-state index in [9.17, 15) is 0 Å². The molecule has 1 saturated carbocycles. The summed E-state index contributed by atoms with van der Waals surface area (Å²) in [7, 11) is 0. The van der Waals surface area contributed by atoms with Crippen molar-refractivity contribution in [3.8, 4) is 0 Å². The van der Waals surface area contributed by atoms with Crippen LogP contribution in [0.15, 0.2) is 0 Å². The minimum absolute atomic E-state index is 0.963. The Hall–Kier alpha value is 0. The fraction of sp³-hybridized carbons (Fsp3) is 1.00. The average Bonchev–Trinajstić information content (AvgIpc) is 2.28. The highest BCUT2D eigenvalue weighted by Gasteiger charge is 2.20. The topological polar surface area (TPSA) is 0 Å². The zero-order valence-corrected chi connectivity index (χ0v) is 8.97. The normalized spacial score (nSPS) is 34.2. The van der Waals surface area contributed by atoms with Gasteiger partial charge in [0, 0.05) is 0 Å². The van der Waals surface area contributed by atoms with Crippen molar-refractivity contribution >= 4 is 0 Å². The summed E-state index contributed by atoms with van der Waals surface area (Å²) in [5.74, 6) is 2.99. The second-order valence-corrected chi connectivity index (χ2v) is 4.77. The maximum atomic E-state index is 2.43. The number of rotatable bonds is 2. The molecule has 0 radical (unpaired) electrons. The van der Waals surface area contributed by atoms with Crippen molar-refractivity contribution in [2.75, 3.05) is 0 Å². The van der Waals surface area contributed by atoms with Crippen molar-refractivity contribution in [2.24, 2.45) is 17.8 Å². The Balaban J connectivity index is 2.40. The molecule has 0 aromatic heterocycles. The fourth-order valence-corrected chi connectivity index (χ4v) is 2.50. The summed E-state index contributed by atoms with van der Waals surface area (Å²) >= 11 is 0. The summed E-state index contributed by atoms with van der Waals surface area (Å²) in [5, 5.41) is 0. The molecule has 0 bridgehead atoms. The molecular weight excluding hydrogens is 144 g/mol. The van der Waals surface area contributed by atoms with Crippen LogP contribution in [0.2, 0.25) is 0 Å². The van der Waals surface area contributed by atoms with E-state index in [0.29, 0.717) is 0 Å². The second-order valence-electron chi connectivity index (χ2n) is 4.77. The Morgan fingerprint density at radius 1 is 1.25 bits per heavy atom. The van der Waals surface area contributed by atoms with Gasteiger partial charge in [-0.15, -0.1) is 0 Å². The zero-order valence-electron chi connectivity index (χ0n) is 8.97. The van der Waals surface area contributed by atoms with E-state index >= 15 is 0 Å². The Labute approximate surface area is 77.7 Å². The summed E-state index contributed by atoms with van der Waals surface area (Å²) in [6, 6.07) is 0. The summed E-state index contributed by atoms with van der Waals surface area (Å²) in [4.78, 5) is 0. The Kier molecular flexibility index (Phi) is 4.11. The van der Waals surface area contributed by atoms with Crippen molar-refractivity contribution in [1.29, 1.82) is 0 Å². The Morgan fingerprint density at radius 3 is 2.58 bits per heavy atom. The van der Waals surface area contributed by atoms with Crippen LogP contribution in [0.5, 0.6) is 0 Å². The van der Waals surface area contributed by atoms with E-state index in [0.717, 1.165) is 17.8 Å². The highest BCUT2D eigenvalue weighted by atomic mass is 14.3. The molecule has 0 aromatic carbocycles. The molecule has 12 heavy (non-hydrogen) atoms. The van der Waals surface area contributed by atoms with Crippen LogP contribution < -0.4 is 0 Å². The molecule has 0 spiro atoms. The molecule has 1 aliphatic rings. The molecular formula is C12H24. The van der Waals surface area contributed by atoms with E-state index in [1.54, 1.807) is 0 Å². The standard InChI is InChI=1S/C12H24/c1-4-11(3)12-8-6-5-7-10(2)9-12/h10-12H,4-9H2,1-3H3. The van der Waals surface area contributed by atoms with Crippen molar-refractivity contribution in [2.45, 2.75) is 59.3 Å². The summed E-state index contributed by atoms with van der Waals surface area (Å²) in [6.07, 6.45) is 8.81. The first-order chi connectivity index (χ1) is 5.74. The third-order valence-corrected chi connectivity index (χ3v) is 3.68. The highest BCUT2D eigenvalue weighted by Crippen LogP contribution is 2.33. The average molecular weight is 168 g/mol. The van der Waals surface area contributed by atoms with Crippen LogP contribution in [0.1, 0.15) is 59.3 Å². The fourth-order valence-electron chi connectivity index (χ4n) is 2.50. The van der Waals surface area contributed by atoms with Crippen molar-refractivity contribution in [3.63, 3.8) is 0 Å². The molecule has 1 rings (SSSR count). The molecule has 0 heterocycles. The lowest BCUT2D eigenvalue weighted by atomic mass is 9.83. The molecule has 1 aliphatic carbocycles. The van der Waals surface area contributed by atoms with E-state index in [1.807, 2.05) is 0 Å². The highest BCUT2D eigenvalue weighted by molar-refractivity contribution is 4.72. The third-order valence-electron chi connectivity index (χ3n) is 3.68. The van der Waals surface area contributed by atoms with E-state index in [4.69, 9.17) is 0 Å². The molecule has 3 atom stereocenters. The first-order valence-corrected chi connectivity index (χ1v) is 5.74. The molecule has 0 nitrogen and oxygen atoms in total. The molecule has 3 unspecified atom stereocenters. The SMILES string of the molecule is CCC(C)C1CCCCC(C)C1. The summed E-state index contributed by atoms with van der Waals surface area (Å²) in [5.41, 5.74) is 0. The molecule has 0 saturated heterocycles. The predicted octanol–water partition coefficient (Wildman–Crippen LogP) is 4.25. The second kappa shape index (κ2) is 4.89. The minimum Gasteiger partial charge on any atom is -0.0651 e. The van der Waals surface area contributed by atoms with Gasteiger partial charge in [0.05, 0.1) is 0 Å². The van der Waals surface area contributed by atoms with E-state index in [2.05, 4.69) is 20.8 Å². The molecule has 0 N–H and O–H groups in total. The lowest BCUT2D eigenvalue weighted by molar-refractivity contribution is 0.284. The van der Waals surface area contributed by atoms with Gasteiger partial charge >= 0.3 is 0 Å². The predicted molar refractivity (Wildman–Crippen MR) is 55.2 cm³/mol. The van der Waals surface area contributed by atoms with Gasteiger partial charge in [-0.25, -0.2) is 0 Å². The van der Waals surface area contributed by atoms with Gasteiger partial charge in [0.2, 0.25) is 0 Å². The molecule has 0 aliphatic heterocycles.